The van der Waals surface area contributed by atoms with Gasteiger partial charge in [-0.1, -0.05) is 0 Å². The van der Waals surface area contributed by atoms with Crippen molar-refractivity contribution in [2.24, 2.45) is 5.92 Å². The molecule has 1 aromatic carbocycles. The van der Waals surface area contributed by atoms with Gasteiger partial charge in [-0.3, -0.25) is 20.2 Å². The maximum atomic E-state index is 13.4. The minimum Gasteiger partial charge on any atom is -0.326 e. The van der Waals surface area contributed by atoms with Gasteiger partial charge in [0.2, 0.25) is 11.7 Å². The van der Waals surface area contributed by atoms with Gasteiger partial charge >= 0.3 is 11.7 Å². The number of nitro groups is 1. The van der Waals surface area contributed by atoms with Crippen molar-refractivity contribution in [3.8, 4) is 0 Å². The highest BCUT2D eigenvalue weighted by Crippen LogP contribution is 2.24. The Bertz CT molecular complexity index is 859. The molecule has 2 heterocycles. The molecule has 1 saturated heterocycles. The number of carbonyl (C=O) groups is 2. The molecule has 1 fully saturated rings. The van der Waals surface area contributed by atoms with Crippen LogP contribution in [0.3, 0.4) is 0 Å². The maximum absolute atomic E-state index is 13.4. The lowest BCUT2D eigenvalue weighted by Crippen LogP contribution is -2.45. The van der Waals surface area contributed by atoms with Crippen LogP contribution in [0.5, 0.6) is 0 Å². The van der Waals surface area contributed by atoms with E-state index in [1.165, 1.54) is 17.4 Å². The molecule has 1 aromatic heterocycles. The first-order valence-corrected chi connectivity index (χ1v) is 9.16. The van der Waals surface area contributed by atoms with Crippen LogP contribution >= 0.6 is 11.3 Å². The molecule has 0 radical (unpaired) electrons. The second kappa shape index (κ2) is 8.12. The monoisotopic (exact) mass is 392 g/mol. The first kappa shape index (κ1) is 18.8. The Morgan fingerprint density at radius 3 is 2.81 bits per heavy atom. The zero-order chi connectivity index (χ0) is 19.4. The molecule has 10 heteroatoms. The number of urea groups is 1. The molecule has 0 spiro atoms. The van der Waals surface area contributed by atoms with E-state index in [0.717, 1.165) is 17.1 Å². The fraction of sp³-hybridized carbons (Fsp3) is 0.294. The third-order valence-corrected chi connectivity index (χ3v) is 5.03. The Hall–Kier alpha value is -3.01. The largest absolute Gasteiger partial charge is 0.326 e. The van der Waals surface area contributed by atoms with Crippen LogP contribution < -0.4 is 10.6 Å². The summed E-state index contributed by atoms with van der Waals surface area (Å²) in [4.78, 5) is 36.3. The van der Waals surface area contributed by atoms with E-state index < -0.39 is 22.3 Å². The number of benzene rings is 1. The Morgan fingerprint density at radius 1 is 1.30 bits per heavy atom. The number of likely N-dealkylation sites (tertiary alicyclic amines) is 1. The molecular formula is C17H17FN4O4S. The molecule has 0 bridgehead atoms. The molecule has 0 saturated carbocycles. The summed E-state index contributed by atoms with van der Waals surface area (Å²) < 4.78 is 13.4. The van der Waals surface area contributed by atoms with Gasteiger partial charge in [0.05, 0.1) is 15.8 Å². The zero-order valence-corrected chi connectivity index (χ0v) is 15.0. The van der Waals surface area contributed by atoms with Gasteiger partial charge in [-0.15, -0.1) is 11.3 Å². The van der Waals surface area contributed by atoms with Crippen molar-refractivity contribution in [3.63, 3.8) is 0 Å². The summed E-state index contributed by atoms with van der Waals surface area (Å²) in [5.41, 5.74) is -0.554. The number of nitrogens with zero attached hydrogens (tertiary/aromatic N) is 2. The molecular weight excluding hydrogens is 375 g/mol. The number of nitrogens with one attached hydrogen (secondary N) is 2. The van der Waals surface area contributed by atoms with Crippen molar-refractivity contribution in [2.75, 3.05) is 23.7 Å². The van der Waals surface area contributed by atoms with Crippen LogP contribution in [0.2, 0.25) is 0 Å². The summed E-state index contributed by atoms with van der Waals surface area (Å²) in [5.74, 6) is -1.77. The van der Waals surface area contributed by atoms with Gasteiger partial charge in [0, 0.05) is 24.8 Å². The van der Waals surface area contributed by atoms with Crippen LogP contribution in [0.15, 0.2) is 35.7 Å². The molecule has 1 aliphatic heterocycles. The standard InChI is InChI=1S/C17H17FN4O4S/c18-13-6-5-12(9-14(13)22(25)26)19-16(23)11-3-1-7-21(10-11)17(24)20-15-4-2-8-27-15/h2,4-6,8-9,11H,1,3,7,10H2,(H,19,23)(H,20,24). The smallest absolute Gasteiger partial charge is 0.322 e. The summed E-state index contributed by atoms with van der Waals surface area (Å²) in [5, 5.41) is 18.7. The lowest BCUT2D eigenvalue weighted by atomic mass is 9.97. The second-order valence-electron chi connectivity index (χ2n) is 6.11. The van der Waals surface area contributed by atoms with Crippen molar-refractivity contribution < 1.29 is 18.9 Å². The van der Waals surface area contributed by atoms with Gasteiger partial charge in [0.25, 0.3) is 0 Å². The summed E-state index contributed by atoms with van der Waals surface area (Å²) in [6.45, 7) is 0.787. The average Bonchev–Trinajstić information content (AvgIpc) is 3.16. The minimum atomic E-state index is -0.966. The summed E-state index contributed by atoms with van der Waals surface area (Å²) in [7, 11) is 0. The van der Waals surface area contributed by atoms with E-state index in [2.05, 4.69) is 10.6 Å². The molecule has 3 amide bonds. The molecule has 1 unspecified atom stereocenters. The molecule has 27 heavy (non-hydrogen) atoms. The number of hydrogen-bond donors (Lipinski definition) is 2. The fourth-order valence-corrected chi connectivity index (χ4v) is 3.49. The van der Waals surface area contributed by atoms with Gasteiger partial charge in [-0.05, 0) is 42.5 Å². The van der Waals surface area contributed by atoms with E-state index in [0.29, 0.717) is 19.4 Å². The molecule has 142 valence electrons. The molecule has 1 atom stereocenters. The van der Waals surface area contributed by atoms with Crippen LogP contribution in [0.25, 0.3) is 0 Å². The van der Waals surface area contributed by atoms with Crippen LogP contribution in [0.1, 0.15) is 12.8 Å². The predicted molar refractivity (Wildman–Crippen MR) is 99.3 cm³/mol. The van der Waals surface area contributed by atoms with Gasteiger partial charge in [0.15, 0.2) is 0 Å². The zero-order valence-electron chi connectivity index (χ0n) is 14.2. The lowest BCUT2D eigenvalue weighted by Gasteiger charge is -2.31. The highest BCUT2D eigenvalue weighted by molar-refractivity contribution is 7.14. The van der Waals surface area contributed by atoms with Crippen molar-refractivity contribution in [1.29, 1.82) is 0 Å². The number of thiophene rings is 1. The van der Waals surface area contributed by atoms with Gasteiger partial charge in [-0.25, -0.2) is 4.79 Å². The van der Waals surface area contributed by atoms with Crippen molar-refractivity contribution in [3.05, 3.63) is 51.6 Å². The molecule has 8 nitrogen and oxygen atoms in total. The summed E-state index contributed by atoms with van der Waals surface area (Å²) in [6.07, 6.45) is 1.26. The predicted octanol–water partition coefficient (Wildman–Crippen LogP) is 3.68. The first-order chi connectivity index (χ1) is 12.9. The third kappa shape index (κ3) is 4.59. The third-order valence-electron chi connectivity index (χ3n) is 4.24. The molecule has 3 rings (SSSR count). The lowest BCUT2D eigenvalue weighted by molar-refractivity contribution is -0.387. The Labute approximate surface area is 158 Å². The number of nitro benzene ring substituents is 1. The Kier molecular flexibility index (Phi) is 5.65. The van der Waals surface area contributed by atoms with E-state index >= 15 is 0 Å². The van der Waals surface area contributed by atoms with Crippen molar-refractivity contribution in [1.82, 2.24) is 4.90 Å². The van der Waals surface area contributed by atoms with Crippen LogP contribution in [0.4, 0.5) is 25.6 Å². The number of hydrogen-bond acceptors (Lipinski definition) is 5. The molecule has 0 aliphatic carbocycles. The molecule has 2 N–H and O–H groups in total. The second-order valence-corrected chi connectivity index (χ2v) is 7.05. The van der Waals surface area contributed by atoms with E-state index in [9.17, 15) is 24.1 Å². The minimum absolute atomic E-state index is 0.147. The number of carbonyl (C=O) groups excluding carboxylic acids is 2. The van der Waals surface area contributed by atoms with E-state index in [1.54, 1.807) is 11.0 Å². The Morgan fingerprint density at radius 2 is 2.11 bits per heavy atom. The van der Waals surface area contributed by atoms with Crippen LogP contribution in [-0.4, -0.2) is 34.9 Å². The number of anilines is 2. The van der Waals surface area contributed by atoms with Crippen molar-refractivity contribution >= 4 is 39.7 Å². The molecule has 2 aromatic rings. The van der Waals surface area contributed by atoms with E-state index in [4.69, 9.17) is 0 Å². The SMILES string of the molecule is O=C(Nc1ccc(F)c([N+](=O)[O-])c1)C1CCCN(C(=O)Nc2cccs2)C1. The summed E-state index contributed by atoms with van der Waals surface area (Å²) >= 11 is 1.41. The normalized spacial score (nSPS) is 16.6. The molecule has 1 aliphatic rings. The number of halogens is 1. The van der Waals surface area contributed by atoms with Gasteiger partial charge in [0.1, 0.15) is 0 Å². The number of piperidine rings is 1. The first-order valence-electron chi connectivity index (χ1n) is 8.28. The van der Waals surface area contributed by atoms with Crippen LogP contribution in [0, 0.1) is 21.8 Å². The summed E-state index contributed by atoms with van der Waals surface area (Å²) in [6, 6.07) is 6.54. The van der Waals surface area contributed by atoms with Crippen molar-refractivity contribution in [2.45, 2.75) is 12.8 Å². The highest BCUT2D eigenvalue weighted by Gasteiger charge is 2.29. The van der Waals surface area contributed by atoms with Crippen LogP contribution in [-0.2, 0) is 4.79 Å². The fourth-order valence-electron chi connectivity index (χ4n) is 2.88. The average molecular weight is 392 g/mol. The van der Waals surface area contributed by atoms with E-state index in [-0.39, 0.29) is 24.2 Å². The number of rotatable bonds is 4. The van der Waals surface area contributed by atoms with Gasteiger partial charge < -0.3 is 10.2 Å². The topological polar surface area (TPSA) is 105 Å². The number of amides is 3. The van der Waals surface area contributed by atoms with E-state index in [1.807, 2.05) is 11.4 Å². The Balaban J connectivity index is 1.62. The van der Waals surface area contributed by atoms with Gasteiger partial charge in [-0.2, -0.15) is 4.39 Å². The highest BCUT2D eigenvalue weighted by atomic mass is 32.1. The quantitative estimate of drug-likeness (QED) is 0.612. The maximum Gasteiger partial charge on any atom is 0.322 e.